The molecule has 4 heteroatoms. The lowest BCUT2D eigenvalue weighted by molar-refractivity contribution is -0.117. The van der Waals surface area contributed by atoms with Crippen molar-refractivity contribution in [3.8, 4) is 0 Å². The number of carbonyl (C=O) groups excluding carboxylic acids is 1. The number of para-hydroxylation sites is 2. The molecule has 1 aromatic carbocycles. The van der Waals surface area contributed by atoms with Gasteiger partial charge in [0.15, 0.2) is 0 Å². The van der Waals surface area contributed by atoms with Crippen LogP contribution < -0.4 is 15.5 Å². The Morgan fingerprint density at radius 1 is 1.33 bits per heavy atom. The predicted molar refractivity (Wildman–Crippen MR) is 61.1 cm³/mol. The number of anilines is 2. The molecule has 1 aliphatic heterocycles. The van der Waals surface area contributed by atoms with Gasteiger partial charge in [-0.25, -0.2) is 0 Å². The fourth-order valence-electron chi connectivity index (χ4n) is 1.86. The molecule has 0 spiro atoms. The van der Waals surface area contributed by atoms with Gasteiger partial charge in [-0.3, -0.25) is 4.79 Å². The van der Waals surface area contributed by atoms with Gasteiger partial charge in [0.05, 0.1) is 17.9 Å². The molecule has 1 aliphatic rings. The number of nitrogens with two attached hydrogens (primary N) is 1. The Morgan fingerprint density at radius 2 is 2.00 bits per heavy atom. The first-order valence-corrected chi connectivity index (χ1v) is 5.04. The first-order chi connectivity index (χ1) is 7.24. The van der Waals surface area contributed by atoms with Crippen LogP contribution in [0.15, 0.2) is 24.3 Å². The molecule has 80 valence electrons. The zero-order valence-corrected chi connectivity index (χ0v) is 8.81. The zero-order valence-electron chi connectivity index (χ0n) is 8.81. The van der Waals surface area contributed by atoms with Crippen molar-refractivity contribution in [2.45, 2.75) is 0 Å². The lowest BCUT2D eigenvalue weighted by atomic mass is 10.1. The molecule has 2 N–H and O–H groups in total. The van der Waals surface area contributed by atoms with E-state index in [0.29, 0.717) is 13.1 Å². The van der Waals surface area contributed by atoms with Crippen LogP contribution in [0.2, 0.25) is 0 Å². The second kappa shape index (κ2) is 3.90. The van der Waals surface area contributed by atoms with Crippen molar-refractivity contribution in [1.82, 2.24) is 0 Å². The molecule has 1 amide bonds. The van der Waals surface area contributed by atoms with Crippen LogP contribution in [0.3, 0.4) is 0 Å². The van der Waals surface area contributed by atoms with Crippen LogP contribution >= 0.6 is 0 Å². The maximum atomic E-state index is 11.7. The smallest absolute Gasteiger partial charge is 0.246 e. The van der Waals surface area contributed by atoms with Gasteiger partial charge >= 0.3 is 0 Å². The van der Waals surface area contributed by atoms with Crippen LogP contribution in [0.1, 0.15) is 0 Å². The Kier molecular flexibility index (Phi) is 2.60. The van der Waals surface area contributed by atoms with Gasteiger partial charge in [0.2, 0.25) is 5.91 Å². The Bertz CT molecular complexity index is 378. The van der Waals surface area contributed by atoms with Crippen LogP contribution in [0.5, 0.6) is 0 Å². The van der Waals surface area contributed by atoms with E-state index in [9.17, 15) is 4.79 Å². The molecule has 4 nitrogen and oxygen atoms in total. The summed E-state index contributed by atoms with van der Waals surface area (Å²) in [5.41, 5.74) is 7.58. The first-order valence-electron chi connectivity index (χ1n) is 5.04. The molecule has 0 saturated heterocycles. The molecule has 1 heterocycles. The van der Waals surface area contributed by atoms with Crippen molar-refractivity contribution in [2.75, 3.05) is 36.5 Å². The van der Waals surface area contributed by atoms with E-state index in [4.69, 9.17) is 5.73 Å². The minimum atomic E-state index is 0.113. The van der Waals surface area contributed by atoms with E-state index in [2.05, 4.69) is 0 Å². The summed E-state index contributed by atoms with van der Waals surface area (Å²) in [4.78, 5) is 15.4. The molecule has 2 rings (SSSR count). The van der Waals surface area contributed by atoms with Gasteiger partial charge < -0.3 is 15.5 Å². The summed E-state index contributed by atoms with van der Waals surface area (Å²) in [6.45, 7) is 1.70. The van der Waals surface area contributed by atoms with Crippen LogP contribution in [-0.2, 0) is 4.79 Å². The molecule has 0 saturated carbocycles. The van der Waals surface area contributed by atoms with E-state index in [-0.39, 0.29) is 5.91 Å². The highest BCUT2D eigenvalue weighted by Crippen LogP contribution is 2.31. The predicted octanol–water partition coefficient (Wildman–Crippen LogP) is 0.428. The van der Waals surface area contributed by atoms with Gasteiger partial charge in [0.1, 0.15) is 0 Å². The Labute approximate surface area is 89.3 Å². The number of rotatable bonds is 2. The molecule has 15 heavy (non-hydrogen) atoms. The number of hydrogen-bond donors (Lipinski definition) is 1. The second-order valence-electron chi connectivity index (χ2n) is 3.65. The Balaban J connectivity index is 2.40. The number of fused-ring (bicyclic) bond motifs is 1. The number of carbonyl (C=O) groups is 1. The molecular weight excluding hydrogens is 190 g/mol. The van der Waals surface area contributed by atoms with E-state index in [1.54, 1.807) is 11.9 Å². The fraction of sp³-hybridized carbons (Fsp3) is 0.364. The van der Waals surface area contributed by atoms with Gasteiger partial charge in [-0.05, 0) is 12.1 Å². The quantitative estimate of drug-likeness (QED) is 0.761. The van der Waals surface area contributed by atoms with Crippen molar-refractivity contribution < 1.29 is 4.79 Å². The fourth-order valence-corrected chi connectivity index (χ4v) is 1.86. The average Bonchev–Trinajstić information content (AvgIpc) is 2.26. The van der Waals surface area contributed by atoms with E-state index >= 15 is 0 Å². The maximum absolute atomic E-state index is 11.7. The molecule has 0 atom stereocenters. The molecule has 0 radical (unpaired) electrons. The van der Waals surface area contributed by atoms with Crippen LogP contribution in [-0.4, -0.2) is 32.6 Å². The summed E-state index contributed by atoms with van der Waals surface area (Å²) in [5.74, 6) is 0.113. The van der Waals surface area contributed by atoms with Crippen LogP contribution in [0, 0.1) is 0 Å². The second-order valence-corrected chi connectivity index (χ2v) is 3.65. The monoisotopic (exact) mass is 205 g/mol. The third-order valence-electron chi connectivity index (χ3n) is 2.68. The summed E-state index contributed by atoms with van der Waals surface area (Å²) in [5, 5.41) is 0. The Hall–Kier alpha value is -1.55. The third-order valence-corrected chi connectivity index (χ3v) is 2.68. The summed E-state index contributed by atoms with van der Waals surface area (Å²) in [7, 11) is 1.81. The third kappa shape index (κ3) is 1.68. The summed E-state index contributed by atoms with van der Waals surface area (Å²) >= 11 is 0. The topological polar surface area (TPSA) is 49.6 Å². The summed E-state index contributed by atoms with van der Waals surface area (Å²) in [6.07, 6.45) is 0. The maximum Gasteiger partial charge on any atom is 0.246 e. The molecule has 0 fully saturated rings. The van der Waals surface area contributed by atoms with E-state index in [1.165, 1.54) is 0 Å². The number of likely N-dealkylation sites (N-methyl/N-ethyl adjacent to an activating group) is 1. The normalized spacial score (nSPS) is 15.5. The molecule has 0 bridgehead atoms. The lowest BCUT2D eigenvalue weighted by Gasteiger charge is -2.35. The van der Waals surface area contributed by atoms with E-state index < -0.39 is 0 Å². The van der Waals surface area contributed by atoms with Gasteiger partial charge in [-0.1, -0.05) is 12.1 Å². The van der Waals surface area contributed by atoms with E-state index in [0.717, 1.165) is 17.9 Å². The van der Waals surface area contributed by atoms with Crippen molar-refractivity contribution in [3.05, 3.63) is 24.3 Å². The minimum absolute atomic E-state index is 0.113. The SMILES string of the molecule is CN1C(=O)CN(CCN)c2ccccc21. The number of benzene rings is 1. The number of hydrogen-bond acceptors (Lipinski definition) is 3. The zero-order chi connectivity index (χ0) is 10.8. The lowest BCUT2D eigenvalue weighted by Crippen LogP contribution is -2.45. The molecule has 1 aromatic rings. The summed E-state index contributed by atoms with van der Waals surface area (Å²) < 4.78 is 0. The minimum Gasteiger partial charge on any atom is -0.359 e. The Morgan fingerprint density at radius 3 is 2.67 bits per heavy atom. The van der Waals surface area contributed by atoms with Crippen molar-refractivity contribution in [3.63, 3.8) is 0 Å². The van der Waals surface area contributed by atoms with Gasteiger partial charge in [-0.15, -0.1) is 0 Å². The van der Waals surface area contributed by atoms with E-state index in [1.807, 2.05) is 29.2 Å². The van der Waals surface area contributed by atoms with Crippen molar-refractivity contribution in [2.24, 2.45) is 5.73 Å². The molecular formula is C11H15N3O. The standard InChI is InChI=1S/C11H15N3O/c1-13-9-4-2-3-5-10(9)14(7-6-12)8-11(13)15/h2-5H,6-8,12H2,1H3. The van der Waals surface area contributed by atoms with Crippen LogP contribution in [0.25, 0.3) is 0 Å². The van der Waals surface area contributed by atoms with Gasteiger partial charge in [0.25, 0.3) is 0 Å². The largest absolute Gasteiger partial charge is 0.359 e. The van der Waals surface area contributed by atoms with Crippen molar-refractivity contribution >= 4 is 17.3 Å². The van der Waals surface area contributed by atoms with Gasteiger partial charge in [0, 0.05) is 20.1 Å². The average molecular weight is 205 g/mol. The van der Waals surface area contributed by atoms with Crippen molar-refractivity contribution in [1.29, 1.82) is 0 Å². The molecule has 0 aliphatic carbocycles. The number of nitrogens with zero attached hydrogens (tertiary/aromatic N) is 2. The summed E-state index contributed by atoms with van der Waals surface area (Å²) in [6, 6.07) is 7.89. The first kappa shape index (κ1) is 9.98. The highest BCUT2D eigenvalue weighted by Gasteiger charge is 2.25. The number of amides is 1. The van der Waals surface area contributed by atoms with Crippen LogP contribution in [0.4, 0.5) is 11.4 Å². The highest BCUT2D eigenvalue weighted by molar-refractivity contribution is 6.02. The molecule has 0 aromatic heterocycles. The van der Waals surface area contributed by atoms with Gasteiger partial charge in [-0.2, -0.15) is 0 Å². The highest BCUT2D eigenvalue weighted by atomic mass is 16.2. The molecule has 0 unspecified atom stereocenters.